The number of rotatable bonds is 6. The average Bonchev–Trinajstić information content (AvgIpc) is 3.17. The van der Waals surface area contributed by atoms with Crippen molar-refractivity contribution in [2.24, 2.45) is 0 Å². The zero-order valence-corrected chi connectivity index (χ0v) is 16.7. The van der Waals surface area contributed by atoms with Crippen LogP contribution in [0.1, 0.15) is 42.9 Å². The van der Waals surface area contributed by atoms with Crippen LogP contribution in [0.4, 0.5) is 5.69 Å². The van der Waals surface area contributed by atoms with E-state index in [-0.39, 0.29) is 12.5 Å². The summed E-state index contributed by atoms with van der Waals surface area (Å²) in [7, 11) is 3.95. The van der Waals surface area contributed by atoms with Gasteiger partial charge in [-0.05, 0) is 48.2 Å². The predicted octanol–water partition coefficient (Wildman–Crippen LogP) is 4.07. The second kappa shape index (κ2) is 8.32. The smallest absolute Gasteiger partial charge is 0.230 e. The molecule has 1 fully saturated rings. The fraction of sp³-hybridized carbons (Fsp3) is 0.409. The lowest BCUT2D eigenvalue weighted by atomic mass is 9.78. The van der Waals surface area contributed by atoms with Crippen LogP contribution in [0.3, 0.4) is 0 Å². The van der Waals surface area contributed by atoms with E-state index < -0.39 is 11.5 Å². The Hall–Kier alpha value is -2.04. The van der Waals surface area contributed by atoms with Crippen LogP contribution < -0.4 is 10.2 Å². The van der Waals surface area contributed by atoms with Gasteiger partial charge in [0.25, 0.3) is 0 Å². The van der Waals surface area contributed by atoms with Crippen LogP contribution in [0, 0.1) is 0 Å². The Balaban J connectivity index is 1.68. The molecule has 0 radical (unpaired) electrons. The Kier molecular flexibility index (Phi) is 6.08. The molecule has 1 aliphatic rings. The van der Waals surface area contributed by atoms with Gasteiger partial charge >= 0.3 is 0 Å². The molecule has 1 atom stereocenters. The Morgan fingerprint density at radius 3 is 2.26 bits per heavy atom. The van der Waals surface area contributed by atoms with Gasteiger partial charge in [0.1, 0.15) is 0 Å². The van der Waals surface area contributed by atoms with E-state index in [1.807, 2.05) is 67.5 Å². The fourth-order valence-corrected chi connectivity index (χ4v) is 3.99. The Bertz CT molecular complexity index is 766. The monoisotopic (exact) mass is 386 g/mol. The Morgan fingerprint density at radius 2 is 1.70 bits per heavy atom. The highest BCUT2D eigenvalue weighted by atomic mass is 35.5. The minimum absolute atomic E-state index is 0.00807. The van der Waals surface area contributed by atoms with Crippen molar-refractivity contribution in [2.75, 3.05) is 25.5 Å². The quantitative estimate of drug-likeness (QED) is 0.786. The van der Waals surface area contributed by atoms with Gasteiger partial charge in [-0.1, -0.05) is 48.7 Å². The molecule has 27 heavy (non-hydrogen) atoms. The molecule has 0 saturated heterocycles. The van der Waals surface area contributed by atoms with Gasteiger partial charge in [0.2, 0.25) is 5.91 Å². The van der Waals surface area contributed by atoms with E-state index in [0.717, 1.165) is 42.5 Å². The summed E-state index contributed by atoms with van der Waals surface area (Å²) in [6.07, 6.45) is 2.99. The van der Waals surface area contributed by atoms with Gasteiger partial charge in [0.15, 0.2) is 0 Å². The maximum atomic E-state index is 13.1. The van der Waals surface area contributed by atoms with Crippen LogP contribution >= 0.6 is 11.6 Å². The summed E-state index contributed by atoms with van der Waals surface area (Å²) in [4.78, 5) is 15.1. The second-order valence-corrected chi connectivity index (χ2v) is 7.94. The molecule has 0 heterocycles. The van der Waals surface area contributed by atoms with Gasteiger partial charge in [-0.3, -0.25) is 4.79 Å². The maximum Gasteiger partial charge on any atom is 0.230 e. The zero-order valence-electron chi connectivity index (χ0n) is 15.9. The van der Waals surface area contributed by atoms with Gasteiger partial charge in [0.05, 0.1) is 11.5 Å². The standard InChI is InChI=1S/C22H27ClN2O2/c1-25(2)19-11-5-16(6-12-19)20(26)15-24-21(27)22(13-3-4-14-22)17-7-9-18(23)10-8-17/h5-12,20,26H,3-4,13-15H2,1-2H3,(H,24,27)/t20-/m1/s1. The molecule has 2 aromatic rings. The first-order valence-electron chi connectivity index (χ1n) is 9.42. The SMILES string of the molecule is CN(C)c1ccc([C@H](O)CNC(=O)C2(c3ccc(Cl)cc3)CCCC2)cc1. The van der Waals surface area contributed by atoms with Crippen molar-refractivity contribution in [3.63, 3.8) is 0 Å². The van der Waals surface area contributed by atoms with Gasteiger partial charge in [0, 0.05) is 31.4 Å². The number of aliphatic hydroxyl groups is 1. The molecule has 1 aliphatic carbocycles. The van der Waals surface area contributed by atoms with Crippen molar-refractivity contribution >= 4 is 23.2 Å². The first-order valence-corrected chi connectivity index (χ1v) is 9.80. The van der Waals surface area contributed by atoms with Crippen LogP contribution in [0.2, 0.25) is 5.02 Å². The molecule has 1 amide bonds. The van der Waals surface area contributed by atoms with Gasteiger partial charge < -0.3 is 15.3 Å². The van der Waals surface area contributed by atoms with Crippen molar-refractivity contribution in [3.8, 4) is 0 Å². The highest BCUT2D eigenvalue weighted by Gasteiger charge is 2.42. The molecule has 0 bridgehead atoms. The number of benzene rings is 2. The Morgan fingerprint density at radius 1 is 1.11 bits per heavy atom. The number of halogens is 1. The molecule has 2 aromatic carbocycles. The first-order chi connectivity index (χ1) is 12.9. The van der Waals surface area contributed by atoms with Crippen molar-refractivity contribution in [2.45, 2.75) is 37.2 Å². The molecular weight excluding hydrogens is 360 g/mol. The molecular formula is C22H27ClN2O2. The summed E-state index contributed by atoms with van der Waals surface area (Å²) < 4.78 is 0. The van der Waals surface area contributed by atoms with Gasteiger partial charge in [-0.2, -0.15) is 0 Å². The summed E-state index contributed by atoms with van der Waals surface area (Å²) in [6.45, 7) is 0.204. The van der Waals surface area contributed by atoms with E-state index >= 15 is 0 Å². The molecule has 0 aromatic heterocycles. The summed E-state index contributed by atoms with van der Waals surface area (Å²) in [5.74, 6) is -0.00807. The fourth-order valence-electron chi connectivity index (χ4n) is 3.87. The topological polar surface area (TPSA) is 52.6 Å². The van der Waals surface area contributed by atoms with Crippen LogP contribution in [-0.4, -0.2) is 31.7 Å². The van der Waals surface area contributed by atoms with E-state index in [0.29, 0.717) is 5.02 Å². The maximum absolute atomic E-state index is 13.1. The lowest BCUT2D eigenvalue weighted by Crippen LogP contribution is -2.44. The van der Waals surface area contributed by atoms with Crippen molar-refractivity contribution in [1.29, 1.82) is 0 Å². The van der Waals surface area contributed by atoms with Crippen molar-refractivity contribution in [3.05, 3.63) is 64.7 Å². The average molecular weight is 387 g/mol. The Labute approximate surface area is 166 Å². The number of carbonyl (C=O) groups excluding carboxylic acids is 1. The summed E-state index contributed by atoms with van der Waals surface area (Å²) >= 11 is 6.01. The number of hydrogen-bond acceptors (Lipinski definition) is 3. The summed E-state index contributed by atoms with van der Waals surface area (Å²) in [5, 5.41) is 14.1. The van der Waals surface area contributed by atoms with E-state index in [1.165, 1.54) is 0 Å². The van der Waals surface area contributed by atoms with E-state index in [4.69, 9.17) is 11.6 Å². The molecule has 1 saturated carbocycles. The lowest BCUT2D eigenvalue weighted by Gasteiger charge is -2.29. The summed E-state index contributed by atoms with van der Waals surface area (Å²) in [6, 6.07) is 15.3. The minimum Gasteiger partial charge on any atom is -0.387 e. The molecule has 0 unspecified atom stereocenters. The van der Waals surface area contributed by atoms with E-state index in [2.05, 4.69) is 5.32 Å². The highest BCUT2D eigenvalue weighted by Crippen LogP contribution is 2.41. The highest BCUT2D eigenvalue weighted by molar-refractivity contribution is 6.30. The number of aliphatic hydroxyl groups excluding tert-OH is 1. The van der Waals surface area contributed by atoms with Crippen molar-refractivity contribution in [1.82, 2.24) is 5.32 Å². The minimum atomic E-state index is -0.728. The molecule has 5 heteroatoms. The summed E-state index contributed by atoms with van der Waals surface area (Å²) in [5.41, 5.74) is 2.36. The van der Waals surface area contributed by atoms with Gasteiger partial charge in [-0.25, -0.2) is 0 Å². The molecule has 3 rings (SSSR count). The number of anilines is 1. The number of nitrogens with zero attached hydrogens (tertiary/aromatic N) is 1. The van der Waals surface area contributed by atoms with Crippen LogP contribution in [0.15, 0.2) is 48.5 Å². The third kappa shape index (κ3) is 4.28. The lowest BCUT2D eigenvalue weighted by molar-refractivity contribution is -0.127. The molecule has 144 valence electrons. The van der Waals surface area contributed by atoms with E-state index in [9.17, 15) is 9.90 Å². The third-order valence-electron chi connectivity index (χ3n) is 5.54. The van der Waals surface area contributed by atoms with Crippen LogP contribution in [-0.2, 0) is 10.2 Å². The molecule has 4 nitrogen and oxygen atoms in total. The second-order valence-electron chi connectivity index (χ2n) is 7.51. The predicted molar refractivity (Wildman–Crippen MR) is 110 cm³/mol. The molecule has 2 N–H and O–H groups in total. The molecule has 0 spiro atoms. The van der Waals surface area contributed by atoms with Crippen molar-refractivity contribution < 1.29 is 9.90 Å². The number of hydrogen-bond donors (Lipinski definition) is 2. The molecule has 0 aliphatic heterocycles. The number of carbonyl (C=O) groups is 1. The normalized spacial score (nSPS) is 16.7. The number of nitrogens with one attached hydrogen (secondary N) is 1. The van der Waals surface area contributed by atoms with Crippen LogP contribution in [0.5, 0.6) is 0 Å². The first kappa shape index (κ1) is 19.7. The van der Waals surface area contributed by atoms with Gasteiger partial charge in [-0.15, -0.1) is 0 Å². The zero-order chi connectivity index (χ0) is 19.4. The third-order valence-corrected chi connectivity index (χ3v) is 5.79. The van der Waals surface area contributed by atoms with Crippen LogP contribution in [0.25, 0.3) is 0 Å². The number of amides is 1. The largest absolute Gasteiger partial charge is 0.387 e. The van der Waals surface area contributed by atoms with E-state index in [1.54, 1.807) is 0 Å².